The molecule has 0 bridgehead atoms. The van der Waals surface area contributed by atoms with Crippen molar-refractivity contribution in [3.63, 3.8) is 0 Å². The predicted octanol–water partition coefficient (Wildman–Crippen LogP) is 1.26. The van der Waals surface area contributed by atoms with Gasteiger partial charge in [0.25, 0.3) is 0 Å². The van der Waals surface area contributed by atoms with Gasteiger partial charge in [-0.15, -0.1) is 0 Å². The second-order valence-corrected chi connectivity index (χ2v) is 4.11. The highest BCUT2D eigenvalue weighted by Crippen LogP contribution is 2.12. The van der Waals surface area contributed by atoms with Crippen LogP contribution in [0.4, 0.5) is 0 Å². The highest BCUT2D eigenvalue weighted by atomic mass is 16.5. The lowest BCUT2D eigenvalue weighted by Crippen LogP contribution is -2.28. The highest BCUT2D eigenvalue weighted by Gasteiger charge is 2.12. The molecule has 0 radical (unpaired) electrons. The fourth-order valence-corrected chi connectivity index (χ4v) is 1.78. The second kappa shape index (κ2) is 7.65. The Bertz CT molecular complexity index is 179. The molecule has 2 N–H and O–H groups in total. The zero-order valence-electron chi connectivity index (χ0n) is 9.21. The molecule has 0 aromatic rings. The summed E-state index contributed by atoms with van der Waals surface area (Å²) < 4.78 is 5.28. The van der Waals surface area contributed by atoms with Gasteiger partial charge in [0.15, 0.2) is 0 Å². The second-order valence-electron chi connectivity index (χ2n) is 4.11. The average Bonchev–Trinajstić information content (AvgIpc) is 2.24. The lowest BCUT2D eigenvalue weighted by atomic mass is 10.0. The lowest BCUT2D eigenvalue weighted by Gasteiger charge is -2.22. The number of unbranched alkanes of at least 4 members (excludes halogenated alkanes) is 1. The van der Waals surface area contributed by atoms with Crippen molar-refractivity contribution in [3.8, 4) is 0 Å². The summed E-state index contributed by atoms with van der Waals surface area (Å²) in [6.07, 6.45) is 4.33. The molecule has 4 nitrogen and oxygen atoms in total. The molecule has 1 fully saturated rings. The van der Waals surface area contributed by atoms with Crippen LogP contribution < -0.4 is 5.32 Å². The van der Waals surface area contributed by atoms with Crippen LogP contribution in [0.1, 0.15) is 32.1 Å². The number of hydrogen-bond acceptors (Lipinski definition) is 3. The molecule has 0 aromatic carbocycles. The minimum atomic E-state index is -0.695. The maximum Gasteiger partial charge on any atom is 0.303 e. The van der Waals surface area contributed by atoms with Gasteiger partial charge in [0.05, 0.1) is 0 Å². The van der Waals surface area contributed by atoms with E-state index in [0.717, 1.165) is 57.9 Å². The van der Waals surface area contributed by atoms with E-state index in [9.17, 15) is 4.79 Å². The Morgan fingerprint density at radius 1 is 1.33 bits per heavy atom. The fourth-order valence-electron chi connectivity index (χ4n) is 1.78. The molecule has 1 aliphatic rings. The van der Waals surface area contributed by atoms with Gasteiger partial charge in [-0.2, -0.15) is 0 Å². The van der Waals surface area contributed by atoms with Gasteiger partial charge in [0.1, 0.15) is 0 Å². The Kier molecular flexibility index (Phi) is 6.36. The maximum absolute atomic E-state index is 10.2. The van der Waals surface area contributed by atoms with E-state index < -0.39 is 5.97 Å². The number of carboxylic acid groups (broad SMARTS) is 1. The van der Waals surface area contributed by atoms with Gasteiger partial charge in [-0.1, -0.05) is 0 Å². The van der Waals surface area contributed by atoms with Crippen LogP contribution in [-0.2, 0) is 9.53 Å². The molecule has 1 rings (SSSR count). The van der Waals surface area contributed by atoms with Crippen molar-refractivity contribution >= 4 is 5.97 Å². The van der Waals surface area contributed by atoms with E-state index in [4.69, 9.17) is 9.84 Å². The van der Waals surface area contributed by atoms with E-state index in [1.807, 2.05) is 0 Å². The molecule has 1 aliphatic heterocycles. The minimum Gasteiger partial charge on any atom is -0.481 e. The number of nitrogens with one attached hydrogen (secondary N) is 1. The summed E-state index contributed by atoms with van der Waals surface area (Å²) in [5.74, 6) is 0.0534. The summed E-state index contributed by atoms with van der Waals surface area (Å²) in [7, 11) is 0. The molecule has 4 heteroatoms. The summed E-state index contributed by atoms with van der Waals surface area (Å²) >= 11 is 0. The molecular weight excluding hydrogens is 194 g/mol. The van der Waals surface area contributed by atoms with Crippen molar-refractivity contribution < 1.29 is 14.6 Å². The van der Waals surface area contributed by atoms with Gasteiger partial charge in [0, 0.05) is 19.6 Å². The van der Waals surface area contributed by atoms with Gasteiger partial charge in [-0.25, -0.2) is 0 Å². The van der Waals surface area contributed by atoms with E-state index in [0.29, 0.717) is 6.42 Å². The first kappa shape index (κ1) is 12.5. The van der Waals surface area contributed by atoms with Crippen LogP contribution in [0.25, 0.3) is 0 Å². The Morgan fingerprint density at radius 2 is 2.07 bits per heavy atom. The first-order valence-corrected chi connectivity index (χ1v) is 5.79. The monoisotopic (exact) mass is 215 g/mol. The van der Waals surface area contributed by atoms with Crippen molar-refractivity contribution in [2.45, 2.75) is 32.1 Å². The first-order chi connectivity index (χ1) is 7.29. The van der Waals surface area contributed by atoms with Crippen molar-refractivity contribution in [2.24, 2.45) is 5.92 Å². The normalized spacial score (nSPS) is 17.9. The number of carbonyl (C=O) groups is 1. The predicted molar refractivity (Wildman–Crippen MR) is 57.9 cm³/mol. The van der Waals surface area contributed by atoms with Crippen molar-refractivity contribution in [1.82, 2.24) is 5.32 Å². The van der Waals surface area contributed by atoms with Crippen LogP contribution in [0.5, 0.6) is 0 Å². The zero-order chi connectivity index (χ0) is 10.9. The molecule has 15 heavy (non-hydrogen) atoms. The molecule has 0 amide bonds. The largest absolute Gasteiger partial charge is 0.481 e. The summed E-state index contributed by atoms with van der Waals surface area (Å²) in [6.45, 7) is 3.78. The highest BCUT2D eigenvalue weighted by molar-refractivity contribution is 5.66. The van der Waals surface area contributed by atoms with Gasteiger partial charge in [-0.05, 0) is 44.7 Å². The van der Waals surface area contributed by atoms with Gasteiger partial charge >= 0.3 is 5.97 Å². The fraction of sp³-hybridized carbons (Fsp3) is 0.909. The van der Waals surface area contributed by atoms with Gasteiger partial charge < -0.3 is 15.2 Å². The topological polar surface area (TPSA) is 58.6 Å². The quantitative estimate of drug-likeness (QED) is 0.628. The lowest BCUT2D eigenvalue weighted by molar-refractivity contribution is -0.137. The minimum absolute atomic E-state index is 0.291. The van der Waals surface area contributed by atoms with E-state index >= 15 is 0 Å². The Balaban J connectivity index is 1.85. The molecule has 0 unspecified atom stereocenters. The molecule has 1 heterocycles. The van der Waals surface area contributed by atoms with Crippen LogP contribution in [0.3, 0.4) is 0 Å². The Morgan fingerprint density at radius 3 is 2.73 bits per heavy atom. The van der Waals surface area contributed by atoms with Gasteiger partial charge in [0.2, 0.25) is 0 Å². The smallest absolute Gasteiger partial charge is 0.303 e. The summed E-state index contributed by atoms with van der Waals surface area (Å²) in [5.41, 5.74) is 0. The molecular formula is C11H21NO3. The number of rotatable bonds is 7. The first-order valence-electron chi connectivity index (χ1n) is 5.79. The number of aliphatic carboxylic acids is 1. The molecule has 0 saturated carbocycles. The van der Waals surface area contributed by atoms with Crippen LogP contribution >= 0.6 is 0 Å². The Hall–Kier alpha value is -0.610. The molecule has 0 atom stereocenters. The average molecular weight is 215 g/mol. The third kappa shape index (κ3) is 6.47. The summed E-state index contributed by atoms with van der Waals surface area (Å²) in [5, 5.41) is 11.8. The zero-order valence-corrected chi connectivity index (χ0v) is 9.21. The number of ether oxygens (including phenoxy) is 1. The Labute approximate surface area is 91.0 Å². The van der Waals surface area contributed by atoms with E-state index in [2.05, 4.69) is 5.32 Å². The van der Waals surface area contributed by atoms with E-state index in [1.54, 1.807) is 0 Å². The van der Waals surface area contributed by atoms with Crippen molar-refractivity contribution in [2.75, 3.05) is 26.3 Å². The molecule has 1 saturated heterocycles. The van der Waals surface area contributed by atoms with Crippen LogP contribution in [0.2, 0.25) is 0 Å². The molecule has 88 valence electrons. The van der Waals surface area contributed by atoms with Crippen molar-refractivity contribution in [3.05, 3.63) is 0 Å². The van der Waals surface area contributed by atoms with Crippen LogP contribution in [0, 0.1) is 5.92 Å². The standard InChI is InChI=1S/C11H21NO3/c13-11(14)3-1-2-6-12-9-10-4-7-15-8-5-10/h10,12H,1-9H2,(H,13,14). The summed E-state index contributed by atoms with van der Waals surface area (Å²) in [6, 6.07) is 0. The molecule has 0 spiro atoms. The third-order valence-electron chi connectivity index (χ3n) is 2.77. The van der Waals surface area contributed by atoms with E-state index in [-0.39, 0.29) is 0 Å². The summed E-state index contributed by atoms with van der Waals surface area (Å²) in [4.78, 5) is 10.2. The van der Waals surface area contributed by atoms with Gasteiger partial charge in [-0.3, -0.25) is 4.79 Å². The third-order valence-corrected chi connectivity index (χ3v) is 2.77. The van der Waals surface area contributed by atoms with Crippen LogP contribution in [0.15, 0.2) is 0 Å². The molecule has 0 aliphatic carbocycles. The SMILES string of the molecule is O=C(O)CCCCNCC1CCOCC1. The van der Waals surface area contributed by atoms with Crippen molar-refractivity contribution in [1.29, 1.82) is 0 Å². The molecule has 0 aromatic heterocycles. The number of hydrogen-bond donors (Lipinski definition) is 2. The van der Waals surface area contributed by atoms with Crippen LogP contribution in [-0.4, -0.2) is 37.4 Å². The maximum atomic E-state index is 10.2. The van der Waals surface area contributed by atoms with E-state index in [1.165, 1.54) is 0 Å². The number of carboxylic acids is 1.